The molecule has 0 spiro atoms. The molecule has 1 saturated heterocycles. The fourth-order valence-electron chi connectivity index (χ4n) is 3.77. The summed E-state index contributed by atoms with van der Waals surface area (Å²) in [6.45, 7) is -1.09. The number of methoxy groups -OCH3 is 1. The van der Waals surface area contributed by atoms with Crippen molar-refractivity contribution < 1.29 is 53.8 Å². The van der Waals surface area contributed by atoms with E-state index in [1.165, 1.54) is 10.6 Å². The molecule has 38 heavy (non-hydrogen) atoms. The number of carbonyl (C=O) groups is 3. The number of hydrogen-bond donors (Lipinski definition) is 5. The van der Waals surface area contributed by atoms with Gasteiger partial charge in [-0.15, -0.1) is 0 Å². The lowest BCUT2D eigenvalue weighted by Crippen LogP contribution is -2.58. The standard InChI is InChI=1S/C24H25N3O11/c1-35-23(33)26-22-25-14-9-13(17(28)12-5-3-2-4-6-12)7-8-15(14)27(22)11-37-24(34)36-10-16-18(29)19(30)20(31)21(32)38-16/h2-9,16,18-21,29-32H,10-11H2,1H3,(H,25,26,33)/t16-,18-,19+,20-,21?/m1/s1. The fourth-order valence-corrected chi connectivity index (χ4v) is 3.77. The lowest BCUT2D eigenvalue weighted by molar-refractivity contribution is -0.287. The van der Waals surface area contributed by atoms with Crippen molar-refractivity contribution >= 4 is 35.0 Å². The third-order valence-electron chi connectivity index (χ3n) is 5.81. The van der Waals surface area contributed by atoms with E-state index in [9.17, 15) is 34.8 Å². The van der Waals surface area contributed by atoms with Crippen LogP contribution in [0, 0.1) is 0 Å². The number of ether oxygens (including phenoxy) is 4. The maximum atomic E-state index is 12.8. The van der Waals surface area contributed by atoms with Crippen molar-refractivity contribution in [1.29, 1.82) is 0 Å². The highest BCUT2D eigenvalue weighted by Gasteiger charge is 2.43. The minimum Gasteiger partial charge on any atom is -0.453 e. The minimum absolute atomic E-state index is 0.0461. The second-order valence-corrected chi connectivity index (χ2v) is 8.25. The maximum absolute atomic E-state index is 12.8. The van der Waals surface area contributed by atoms with Crippen LogP contribution in [0.25, 0.3) is 11.0 Å². The minimum atomic E-state index is -1.79. The Labute approximate surface area is 214 Å². The molecule has 0 aliphatic carbocycles. The van der Waals surface area contributed by atoms with E-state index < -0.39 is 56.3 Å². The zero-order chi connectivity index (χ0) is 27.4. The van der Waals surface area contributed by atoms with Crippen molar-refractivity contribution in [1.82, 2.24) is 9.55 Å². The van der Waals surface area contributed by atoms with E-state index in [1.54, 1.807) is 42.5 Å². The van der Waals surface area contributed by atoms with E-state index in [0.717, 1.165) is 7.11 Å². The number of imidazole rings is 1. The summed E-state index contributed by atoms with van der Waals surface area (Å²) in [5.41, 5.74) is 1.54. The predicted molar refractivity (Wildman–Crippen MR) is 127 cm³/mol. The molecule has 1 fully saturated rings. The number of nitrogens with zero attached hydrogens (tertiary/aromatic N) is 2. The molecule has 4 rings (SSSR count). The second-order valence-electron chi connectivity index (χ2n) is 8.25. The Morgan fingerprint density at radius 1 is 0.974 bits per heavy atom. The molecule has 0 bridgehead atoms. The number of fused-ring (bicyclic) bond motifs is 1. The predicted octanol–water partition coefficient (Wildman–Crippen LogP) is 0.356. The van der Waals surface area contributed by atoms with Gasteiger partial charge in [-0.1, -0.05) is 30.3 Å². The number of nitrogens with one attached hydrogen (secondary N) is 1. The molecule has 0 saturated carbocycles. The summed E-state index contributed by atoms with van der Waals surface area (Å²) in [6, 6.07) is 13.3. The third-order valence-corrected chi connectivity index (χ3v) is 5.81. The van der Waals surface area contributed by atoms with Gasteiger partial charge < -0.3 is 39.4 Å². The van der Waals surface area contributed by atoms with Gasteiger partial charge >= 0.3 is 12.2 Å². The zero-order valence-corrected chi connectivity index (χ0v) is 20.0. The van der Waals surface area contributed by atoms with Gasteiger partial charge in [-0.25, -0.2) is 14.6 Å². The average molecular weight is 531 g/mol. The van der Waals surface area contributed by atoms with E-state index in [0.29, 0.717) is 22.2 Å². The van der Waals surface area contributed by atoms with Crippen molar-refractivity contribution in [2.45, 2.75) is 37.4 Å². The molecule has 1 unspecified atom stereocenters. The quantitative estimate of drug-likeness (QED) is 0.207. The van der Waals surface area contributed by atoms with Crippen LogP contribution in [0.15, 0.2) is 48.5 Å². The van der Waals surface area contributed by atoms with E-state index in [2.05, 4.69) is 15.0 Å². The first kappa shape index (κ1) is 27.0. The number of anilines is 1. The van der Waals surface area contributed by atoms with E-state index in [-0.39, 0.29) is 11.7 Å². The van der Waals surface area contributed by atoms with Crippen LogP contribution >= 0.6 is 0 Å². The van der Waals surface area contributed by atoms with E-state index in [1.807, 2.05) is 0 Å². The lowest BCUT2D eigenvalue weighted by Gasteiger charge is -2.37. The molecule has 2 heterocycles. The van der Waals surface area contributed by atoms with Crippen LogP contribution in [0.1, 0.15) is 15.9 Å². The number of aliphatic hydroxyl groups is 4. The smallest absolute Gasteiger partial charge is 0.453 e. The van der Waals surface area contributed by atoms with Crippen LogP contribution in [-0.2, 0) is 25.7 Å². The van der Waals surface area contributed by atoms with Crippen LogP contribution in [-0.4, -0.2) is 92.4 Å². The highest BCUT2D eigenvalue weighted by molar-refractivity contribution is 6.10. The van der Waals surface area contributed by atoms with Gasteiger partial charge in [0.15, 0.2) is 18.8 Å². The van der Waals surface area contributed by atoms with Gasteiger partial charge in [0.25, 0.3) is 0 Å². The maximum Gasteiger partial charge on any atom is 0.510 e. The Hall–Kier alpha value is -4.08. The van der Waals surface area contributed by atoms with Crippen LogP contribution < -0.4 is 5.32 Å². The van der Waals surface area contributed by atoms with Crippen molar-refractivity contribution in [2.75, 3.05) is 19.0 Å². The van der Waals surface area contributed by atoms with E-state index in [4.69, 9.17) is 14.2 Å². The van der Waals surface area contributed by atoms with Gasteiger partial charge in [0.05, 0.1) is 18.1 Å². The van der Waals surface area contributed by atoms with Crippen LogP contribution in [0.4, 0.5) is 15.5 Å². The number of aliphatic hydroxyl groups excluding tert-OH is 4. The fraction of sp³-hybridized carbons (Fsp3) is 0.333. The normalized spacial score (nSPS) is 23.0. The SMILES string of the molecule is COC(=O)Nc1nc2cc(C(=O)c3ccccc3)ccc2n1COC(=O)OC[C@H]1OC(O)[C@H](O)[C@@H](O)[C@@H]1O. The first-order chi connectivity index (χ1) is 18.2. The molecule has 14 nitrogen and oxygen atoms in total. The Bertz CT molecular complexity index is 1310. The molecule has 3 aromatic rings. The molecule has 2 aromatic carbocycles. The molecule has 5 N–H and O–H groups in total. The molecule has 202 valence electrons. The van der Waals surface area contributed by atoms with Gasteiger partial charge in [0.1, 0.15) is 31.0 Å². The number of aromatic nitrogens is 2. The Morgan fingerprint density at radius 3 is 2.42 bits per heavy atom. The van der Waals surface area contributed by atoms with Crippen molar-refractivity contribution in [2.24, 2.45) is 0 Å². The molecule has 0 radical (unpaired) electrons. The molecule has 1 aliphatic rings. The van der Waals surface area contributed by atoms with Gasteiger partial charge in [-0.2, -0.15) is 0 Å². The molecule has 1 aliphatic heterocycles. The summed E-state index contributed by atoms with van der Waals surface area (Å²) in [4.78, 5) is 41.1. The molecule has 5 atom stereocenters. The highest BCUT2D eigenvalue weighted by Crippen LogP contribution is 2.24. The number of hydrogen-bond acceptors (Lipinski definition) is 12. The Morgan fingerprint density at radius 2 is 1.71 bits per heavy atom. The molecule has 14 heteroatoms. The number of benzene rings is 2. The Kier molecular flexibility index (Phi) is 8.19. The summed E-state index contributed by atoms with van der Waals surface area (Å²) >= 11 is 0. The summed E-state index contributed by atoms with van der Waals surface area (Å²) in [7, 11) is 1.15. The molecular formula is C24H25N3O11. The summed E-state index contributed by atoms with van der Waals surface area (Å²) < 4.78 is 20.8. The second kappa shape index (κ2) is 11.5. The Balaban J connectivity index is 1.48. The van der Waals surface area contributed by atoms with Crippen molar-refractivity contribution in [3.8, 4) is 0 Å². The monoisotopic (exact) mass is 531 g/mol. The summed E-state index contributed by atoms with van der Waals surface area (Å²) in [6.07, 6.45) is -10.3. The first-order valence-electron chi connectivity index (χ1n) is 11.3. The van der Waals surface area contributed by atoms with Crippen LogP contribution in [0.3, 0.4) is 0 Å². The molecule has 1 amide bonds. The number of amides is 1. The first-order valence-corrected chi connectivity index (χ1v) is 11.3. The van der Waals surface area contributed by atoms with Gasteiger partial charge in [-0.3, -0.25) is 14.7 Å². The van der Waals surface area contributed by atoms with Gasteiger partial charge in [0, 0.05) is 11.1 Å². The number of ketones is 1. The van der Waals surface area contributed by atoms with Crippen molar-refractivity contribution in [3.05, 3.63) is 59.7 Å². The number of carbonyl (C=O) groups excluding carboxylic acids is 3. The molecular weight excluding hydrogens is 506 g/mol. The molecule has 1 aromatic heterocycles. The number of rotatable bonds is 7. The largest absolute Gasteiger partial charge is 0.510 e. The zero-order valence-electron chi connectivity index (χ0n) is 20.0. The summed E-state index contributed by atoms with van der Waals surface area (Å²) in [5.74, 6) is -0.283. The lowest BCUT2D eigenvalue weighted by atomic mass is 9.99. The summed E-state index contributed by atoms with van der Waals surface area (Å²) in [5, 5.41) is 41.2. The van der Waals surface area contributed by atoms with Crippen LogP contribution in [0.2, 0.25) is 0 Å². The van der Waals surface area contributed by atoms with Crippen LogP contribution in [0.5, 0.6) is 0 Å². The van der Waals surface area contributed by atoms with Gasteiger partial charge in [-0.05, 0) is 18.2 Å². The topological polar surface area (TPSA) is 199 Å². The third kappa shape index (κ3) is 5.74. The van der Waals surface area contributed by atoms with Crippen molar-refractivity contribution in [3.63, 3.8) is 0 Å². The van der Waals surface area contributed by atoms with Gasteiger partial charge in [0.2, 0.25) is 5.95 Å². The average Bonchev–Trinajstić information content (AvgIpc) is 3.27. The highest BCUT2D eigenvalue weighted by atomic mass is 16.7. The van der Waals surface area contributed by atoms with E-state index >= 15 is 0 Å².